The van der Waals surface area contributed by atoms with Gasteiger partial charge >= 0.3 is 0 Å². The Morgan fingerprint density at radius 3 is 2.47 bits per heavy atom. The molecule has 0 bridgehead atoms. The van der Waals surface area contributed by atoms with E-state index in [4.69, 9.17) is 0 Å². The lowest BCUT2D eigenvalue weighted by Crippen LogP contribution is -2.47. The Labute approximate surface area is 192 Å². The lowest BCUT2D eigenvalue weighted by atomic mass is 9.88. The van der Waals surface area contributed by atoms with Crippen LogP contribution >= 0.6 is 0 Å². The molecule has 5 heteroatoms. The molecular weight excluding hydrogens is 398 g/mol. The summed E-state index contributed by atoms with van der Waals surface area (Å²) in [6, 6.07) is 13.9. The predicted molar refractivity (Wildman–Crippen MR) is 130 cm³/mol. The van der Waals surface area contributed by atoms with Crippen LogP contribution in [0.5, 0.6) is 0 Å². The number of amides is 2. The van der Waals surface area contributed by atoms with Crippen molar-refractivity contribution in [1.29, 1.82) is 0 Å². The van der Waals surface area contributed by atoms with Crippen LogP contribution in [0.25, 0.3) is 0 Å². The molecular formula is C27H35N3O2. The fraction of sp³-hybridized carbons (Fsp3) is 0.481. The summed E-state index contributed by atoms with van der Waals surface area (Å²) < 4.78 is 0. The molecule has 0 radical (unpaired) electrons. The standard InChI is InChI=1S/C27H35N3O2/c1-5-13-29(14-6-2)26(31)20-8-7-9-21(17-20)27(32)30-24-11-10-19(3)16-22(24)23-18-28(4)15-12-25(23)30/h7-11,16-17,23,25H,5-6,12-15,18H2,1-4H3. The fourth-order valence-electron chi connectivity index (χ4n) is 5.31. The zero-order valence-electron chi connectivity index (χ0n) is 19.8. The summed E-state index contributed by atoms with van der Waals surface area (Å²) >= 11 is 0. The molecule has 4 rings (SSSR count). The number of piperidine rings is 1. The zero-order valence-corrected chi connectivity index (χ0v) is 19.8. The molecule has 1 saturated heterocycles. The van der Waals surface area contributed by atoms with Gasteiger partial charge in [0.25, 0.3) is 11.8 Å². The molecule has 2 aliphatic heterocycles. The maximum atomic E-state index is 13.8. The highest BCUT2D eigenvalue weighted by atomic mass is 16.2. The fourth-order valence-corrected chi connectivity index (χ4v) is 5.31. The maximum Gasteiger partial charge on any atom is 0.258 e. The van der Waals surface area contributed by atoms with E-state index >= 15 is 0 Å². The van der Waals surface area contributed by atoms with Gasteiger partial charge in [0.05, 0.1) is 0 Å². The molecule has 32 heavy (non-hydrogen) atoms. The Morgan fingerprint density at radius 2 is 1.75 bits per heavy atom. The third-order valence-corrected chi connectivity index (χ3v) is 6.80. The van der Waals surface area contributed by atoms with Crippen LogP contribution in [-0.4, -0.2) is 60.9 Å². The van der Waals surface area contributed by atoms with Gasteiger partial charge in [-0.15, -0.1) is 0 Å². The van der Waals surface area contributed by atoms with Gasteiger partial charge in [0.1, 0.15) is 0 Å². The summed E-state index contributed by atoms with van der Waals surface area (Å²) in [5, 5.41) is 0. The van der Waals surface area contributed by atoms with Crippen LogP contribution in [-0.2, 0) is 0 Å². The molecule has 2 heterocycles. The Hall–Kier alpha value is -2.66. The number of hydrogen-bond acceptors (Lipinski definition) is 3. The number of carbonyl (C=O) groups is 2. The summed E-state index contributed by atoms with van der Waals surface area (Å²) in [6.45, 7) is 9.70. The molecule has 5 nitrogen and oxygen atoms in total. The monoisotopic (exact) mass is 433 g/mol. The largest absolute Gasteiger partial charge is 0.339 e. The van der Waals surface area contributed by atoms with Crippen LogP contribution < -0.4 is 4.90 Å². The molecule has 2 aromatic rings. The van der Waals surface area contributed by atoms with Crippen LogP contribution in [0.2, 0.25) is 0 Å². The van der Waals surface area contributed by atoms with E-state index < -0.39 is 0 Å². The van der Waals surface area contributed by atoms with Crippen molar-refractivity contribution in [3.05, 3.63) is 64.7 Å². The minimum Gasteiger partial charge on any atom is -0.339 e. The first-order valence-corrected chi connectivity index (χ1v) is 12.0. The minimum atomic E-state index is -0.000612. The number of rotatable bonds is 6. The second kappa shape index (κ2) is 9.45. The van der Waals surface area contributed by atoms with Crippen LogP contribution in [0, 0.1) is 6.92 Å². The highest BCUT2D eigenvalue weighted by Crippen LogP contribution is 2.45. The number of carbonyl (C=O) groups excluding carboxylic acids is 2. The van der Waals surface area contributed by atoms with Gasteiger partial charge in [-0.25, -0.2) is 0 Å². The number of likely N-dealkylation sites (N-methyl/N-ethyl adjacent to an activating group) is 1. The molecule has 2 atom stereocenters. The number of benzene rings is 2. The van der Waals surface area contributed by atoms with Crippen molar-refractivity contribution in [1.82, 2.24) is 9.80 Å². The summed E-state index contributed by atoms with van der Waals surface area (Å²) in [5.74, 6) is 0.347. The third kappa shape index (κ3) is 4.18. The normalized spacial score (nSPS) is 20.1. The first-order chi connectivity index (χ1) is 15.4. The second-order valence-electron chi connectivity index (χ2n) is 9.34. The summed E-state index contributed by atoms with van der Waals surface area (Å²) in [5.41, 5.74) is 4.72. The molecule has 0 N–H and O–H groups in total. The van der Waals surface area contributed by atoms with E-state index in [1.807, 2.05) is 28.0 Å². The summed E-state index contributed by atoms with van der Waals surface area (Å²) in [7, 11) is 2.16. The molecule has 2 amide bonds. The quantitative estimate of drug-likeness (QED) is 0.663. The number of likely N-dealkylation sites (tertiary alicyclic amines) is 1. The van der Waals surface area contributed by atoms with E-state index in [-0.39, 0.29) is 17.9 Å². The molecule has 0 saturated carbocycles. The highest BCUT2D eigenvalue weighted by molar-refractivity contribution is 6.09. The lowest BCUT2D eigenvalue weighted by Gasteiger charge is -2.36. The van der Waals surface area contributed by atoms with E-state index in [0.29, 0.717) is 17.0 Å². The summed E-state index contributed by atoms with van der Waals surface area (Å²) in [4.78, 5) is 33.2. The van der Waals surface area contributed by atoms with Crippen LogP contribution in [0.3, 0.4) is 0 Å². The van der Waals surface area contributed by atoms with Crippen molar-refractivity contribution in [2.75, 3.05) is 38.1 Å². The van der Waals surface area contributed by atoms with Crippen molar-refractivity contribution in [3.8, 4) is 0 Å². The topological polar surface area (TPSA) is 43.9 Å². The van der Waals surface area contributed by atoms with Gasteiger partial charge in [0.15, 0.2) is 0 Å². The highest BCUT2D eigenvalue weighted by Gasteiger charge is 2.44. The van der Waals surface area contributed by atoms with Crippen molar-refractivity contribution in [3.63, 3.8) is 0 Å². The van der Waals surface area contributed by atoms with Crippen molar-refractivity contribution < 1.29 is 9.59 Å². The Morgan fingerprint density at radius 1 is 1.03 bits per heavy atom. The van der Waals surface area contributed by atoms with E-state index in [1.54, 1.807) is 6.07 Å². The first kappa shape index (κ1) is 22.5. The maximum absolute atomic E-state index is 13.8. The number of aryl methyl sites for hydroxylation is 1. The van der Waals surface area contributed by atoms with Gasteiger partial charge in [0, 0.05) is 48.4 Å². The van der Waals surface area contributed by atoms with Gasteiger partial charge in [-0.3, -0.25) is 9.59 Å². The molecule has 2 aromatic carbocycles. The average Bonchev–Trinajstić information content (AvgIpc) is 3.10. The number of hydrogen-bond donors (Lipinski definition) is 0. The van der Waals surface area contributed by atoms with E-state index in [1.165, 1.54) is 11.1 Å². The van der Waals surface area contributed by atoms with Crippen molar-refractivity contribution in [2.24, 2.45) is 0 Å². The molecule has 0 aliphatic carbocycles. The molecule has 2 unspecified atom stereocenters. The van der Waals surface area contributed by atoms with E-state index in [9.17, 15) is 9.59 Å². The Kier molecular flexibility index (Phi) is 6.66. The van der Waals surface area contributed by atoms with Crippen molar-refractivity contribution >= 4 is 17.5 Å². The average molecular weight is 434 g/mol. The van der Waals surface area contributed by atoms with Crippen molar-refractivity contribution in [2.45, 2.75) is 52.0 Å². The van der Waals surface area contributed by atoms with Crippen LogP contribution in [0.4, 0.5) is 5.69 Å². The zero-order chi connectivity index (χ0) is 22.8. The number of nitrogens with zero attached hydrogens (tertiary/aromatic N) is 3. The number of fused-ring (bicyclic) bond motifs is 3. The lowest BCUT2D eigenvalue weighted by molar-refractivity contribution is 0.0755. The molecule has 1 fully saturated rings. The van der Waals surface area contributed by atoms with Crippen LogP contribution in [0.1, 0.15) is 70.9 Å². The second-order valence-corrected chi connectivity index (χ2v) is 9.34. The molecule has 170 valence electrons. The van der Waals surface area contributed by atoms with E-state index in [2.05, 4.69) is 50.9 Å². The van der Waals surface area contributed by atoms with Gasteiger partial charge in [-0.1, -0.05) is 37.6 Å². The van der Waals surface area contributed by atoms with E-state index in [0.717, 1.165) is 51.1 Å². The van der Waals surface area contributed by atoms with Gasteiger partial charge in [0.2, 0.25) is 0 Å². The predicted octanol–water partition coefficient (Wildman–Crippen LogP) is 4.71. The molecule has 2 aliphatic rings. The van der Waals surface area contributed by atoms with Crippen LogP contribution in [0.15, 0.2) is 42.5 Å². The third-order valence-electron chi connectivity index (χ3n) is 6.80. The Balaban J connectivity index is 1.66. The molecule has 0 spiro atoms. The molecule has 0 aromatic heterocycles. The first-order valence-electron chi connectivity index (χ1n) is 12.0. The minimum absolute atomic E-state index is 0.000612. The number of anilines is 1. The Bertz CT molecular complexity index is 996. The van der Waals surface area contributed by atoms with Gasteiger partial charge in [-0.2, -0.15) is 0 Å². The summed E-state index contributed by atoms with van der Waals surface area (Å²) in [6.07, 6.45) is 2.80. The smallest absolute Gasteiger partial charge is 0.258 e. The van der Waals surface area contributed by atoms with Gasteiger partial charge in [-0.05, 0) is 69.6 Å². The SMILES string of the molecule is CCCN(CCC)C(=O)c1cccc(C(=O)N2c3ccc(C)cc3C3CN(C)CCC32)c1. The van der Waals surface area contributed by atoms with Gasteiger partial charge < -0.3 is 14.7 Å².